The third kappa shape index (κ3) is 7.61. The molecule has 0 saturated heterocycles. The molecule has 0 aliphatic rings. The number of carbonyl (C=O) groups is 2. The lowest BCUT2D eigenvalue weighted by Crippen LogP contribution is -2.58. The third-order valence-corrected chi connectivity index (χ3v) is 2.99. The van der Waals surface area contributed by atoms with E-state index in [2.05, 4.69) is 32.1 Å². The van der Waals surface area contributed by atoms with Crippen molar-refractivity contribution >= 4 is 11.9 Å². The summed E-state index contributed by atoms with van der Waals surface area (Å²) >= 11 is 0. The van der Waals surface area contributed by atoms with Gasteiger partial charge in [-0.2, -0.15) is 35.1 Å². The summed E-state index contributed by atoms with van der Waals surface area (Å²) in [5.41, 5.74) is -3.46. The van der Waals surface area contributed by atoms with Gasteiger partial charge in [0.1, 0.15) is 5.60 Å². The minimum atomic E-state index is -6.15. The Hall–Kier alpha value is -2.22. The van der Waals surface area contributed by atoms with Crippen LogP contribution in [0.1, 0.15) is 13.8 Å². The Labute approximate surface area is 159 Å². The van der Waals surface area contributed by atoms with Gasteiger partial charge in [0.25, 0.3) is 0 Å². The molecule has 0 amide bonds. The maximum Gasteiger partial charge on any atom is 0.453 e. The summed E-state index contributed by atoms with van der Waals surface area (Å²) in [4.78, 5) is 21.4. The molecule has 29 heavy (non-hydrogen) atoms. The van der Waals surface area contributed by atoms with E-state index in [1.807, 2.05) is 0 Å². The lowest BCUT2D eigenvalue weighted by atomic mass is 10.0. The Morgan fingerprint density at radius 3 is 1.55 bits per heavy atom. The highest BCUT2D eigenvalue weighted by molar-refractivity contribution is 5.81. The van der Waals surface area contributed by atoms with Gasteiger partial charge in [-0.3, -0.25) is 0 Å². The van der Waals surface area contributed by atoms with Crippen molar-refractivity contribution < 1.29 is 63.7 Å². The SMILES string of the molecule is C=CC(=O)OCC(F)(F)OC(F)(F)C(F)(F)OC(C)(C)C(F)(F)COC(=O)C=C. The van der Waals surface area contributed by atoms with Crippen molar-refractivity contribution in [2.24, 2.45) is 0 Å². The minimum Gasteiger partial charge on any atom is -0.456 e. The second-order valence-corrected chi connectivity index (χ2v) is 5.71. The van der Waals surface area contributed by atoms with Crippen molar-refractivity contribution in [2.75, 3.05) is 13.2 Å². The van der Waals surface area contributed by atoms with Crippen molar-refractivity contribution in [1.82, 2.24) is 0 Å². The molecule has 0 spiro atoms. The molecule has 0 atom stereocenters. The first-order valence-corrected chi connectivity index (χ1v) is 7.32. The first kappa shape index (κ1) is 26.8. The van der Waals surface area contributed by atoms with Crippen LogP contribution < -0.4 is 0 Å². The second-order valence-electron chi connectivity index (χ2n) is 5.71. The number of rotatable bonds is 12. The molecule has 14 heteroatoms. The van der Waals surface area contributed by atoms with E-state index in [1.165, 1.54) is 0 Å². The van der Waals surface area contributed by atoms with E-state index >= 15 is 0 Å². The molecule has 0 aromatic carbocycles. The highest BCUT2D eigenvalue weighted by atomic mass is 19.3. The summed E-state index contributed by atoms with van der Waals surface area (Å²) in [6.45, 7) is 2.04. The molecule has 0 bridgehead atoms. The molecular weight excluding hydrogens is 428 g/mol. The summed E-state index contributed by atoms with van der Waals surface area (Å²) < 4.78 is 122. The molecule has 0 radical (unpaired) electrons. The quantitative estimate of drug-likeness (QED) is 0.260. The zero-order chi connectivity index (χ0) is 23.3. The van der Waals surface area contributed by atoms with Crippen molar-refractivity contribution in [1.29, 1.82) is 0 Å². The molecule has 0 rings (SSSR count). The molecule has 168 valence electrons. The van der Waals surface area contributed by atoms with Gasteiger partial charge in [-0.25, -0.2) is 14.3 Å². The number of hydrogen-bond donors (Lipinski definition) is 0. The molecule has 0 aliphatic heterocycles. The van der Waals surface area contributed by atoms with Crippen LogP contribution in [0.5, 0.6) is 0 Å². The van der Waals surface area contributed by atoms with Crippen molar-refractivity contribution in [3.05, 3.63) is 25.3 Å². The standard InChI is InChI=1S/C15H16F8O6/c1-5-9(24)26-7-12(16,17)11(3,4)28-14(20,21)15(22,23)29-13(18,19)8-27-10(25)6-2/h5-6H,1-2,7-8H2,3-4H3. The number of ether oxygens (including phenoxy) is 4. The fraction of sp³-hybridized carbons (Fsp3) is 0.600. The smallest absolute Gasteiger partial charge is 0.453 e. The van der Waals surface area contributed by atoms with Crippen LogP contribution >= 0.6 is 0 Å². The molecule has 0 aliphatic carbocycles. The molecule has 0 aromatic heterocycles. The zero-order valence-electron chi connectivity index (χ0n) is 15.0. The van der Waals surface area contributed by atoms with Gasteiger partial charge in [-0.05, 0) is 13.8 Å². The molecular formula is C15H16F8O6. The molecule has 0 unspecified atom stereocenters. The van der Waals surface area contributed by atoms with E-state index in [0.29, 0.717) is 12.2 Å². The van der Waals surface area contributed by atoms with Crippen LogP contribution in [0.2, 0.25) is 0 Å². The Morgan fingerprint density at radius 2 is 1.14 bits per heavy atom. The zero-order valence-corrected chi connectivity index (χ0v) is 15.0. The average Bonchev–Trinajstić information content (AvgIpc) is 2.55. The Morgan fingerprint density at radius 1 is 0.759 bits per heavy atom. The first-order chi connectivity index (χ1) is 12.8. The summed E-state index contributed by atoms with van der Waals surface area (Å²) in [7, 11) is 0. The van der Waals surface area contributed by atoms with Gasteiger partial charge in [0.2, 0.25) is 0 Å². The van der Waals surface area contributed by atoms with Gasteiger partial charge in [0.05, 0.1) is 0 Å². The Kier molecular flexibility index (Phi) is 8.37. The van der Waals surface area contributed by atoms with Gasteiger partial charge < -0.3 is 14.2 Å². The largest absolute Gasteiger partial charge is 0.456 e. The Balaban J connectivity index is 5.36. The predicted octanol–water partition coefficient (Wildman–Crippen LogP) is 3.67. The van der Waals surface area contributed by atoms with E-state index in [4.69, 9.17) is 0 Å². The van der Waals surface area contributed by atoms with Gasteiger partial charge in [0.15, 0.2) is 13.2 Å². The predicted molar refractivity (Wildman–Crippen MR) is 78.3 cm³/mol. The fourth-order valence-electron chi connectivity index (χ4n) is 1.34. The van der Waals surface area contributed by atoms with E-state index in [-0.39, 0.29) is 13.8 Å². The van der Waals surface area contributed by atoms with Crippen molar-refractivity contribution in [2.45, 2.75) is 43.7 Å². The van der Waals surface area contributed by atoms with Crippen LogP contribution in [-0.4, -0.2) is 55.0 Å². The van der Waals surface area contributed by atoms with Crippen LogP contribution in [0.4, 0.5) is 35.1 Å². The summed E-state index contributed by atoms with van der Waals surface area (Å²) in [6, 6.07) is 0. The molecule has 0 saturated carbocycles. The number of halogens is 8. The maximum atomic E-state index is 13.9. The van der Waals surface area contributed by atoms with Crippen molar-refractivity contribution in [3.8, 4) is 0 Å². The van der Waals surface area contributed by atoms with Crippen molar-refractivity contribution in [3.63, 3.8) is 0 Å². The molecule has 0 N–H and O–H groups in total. The van der Waals surface area contributed by atoms with E-state index < -0.39 is 55.0 Å². The molecule has 0 fully saturated rings. The normalized spacial score (nSPS) is 13.6. The molecule has 0 aromatic rings. The highest BCUT2D eigenvalue weighted by Gasteiger charge is 2.68. The maximum absolute atomic E-state index is 13.9. The van der Waals surface area contributed by atoms with E-state index in [9.17, 15) is 44.7 Å². The fourth-order valence-corrected chi connectivity index (χ4v) is 1.34. The Bertz CT molecular complexity index is 632. The van der Waals surface area contributed by atoms with E-state index in [0.717, 1.165) is 0 Å². The average molecular weight is 444 g/mol. The van der Waals surface area contributed by atoms with Gasteiger partial charge >= 0.3 is 36.2 Å². The van der Waals surface area contributed by atoms with Crippen LogP contribution in [0.15, 0.2) is 25.3 Å². The van der Waals surface area contributed by atoms with Crippen LogP contribution in [0.3, 0.4) is 0 Å². The topological polar surface area (TPSA) is 71.1 Å². The number of hydrogen-bond acceptors (Lipinski definition) is 6. The molecule has 0 heterocycles. The van der Waals surface area contributed by atoms with Crippen LogP contribution in [0.25, 0.3) is 0 Å². The summed E-state index contributed by atoms with van der Waals surface area (Å²) in [6.07, 6.45) is -16.5. The summed E-state index contributed by atoms with van der Waals surface area (Å²) in [5, 5.41) is 0. The molecule has 6 nitrogen and oxygen atoms in total. The second kappa shape index (κ2) is 9.07. The number of carbonyl (C=O) groups excluding carboxylic acids is 2. The lowest BCUT2D eigenvalue weighted by molar-refractivity contribution is -0.500. The minimum absolute atomic E-state index is 0.211. The van der Waals surface area contributed by atoms with Gasteiger partial charge in [-0.1, -0.05) is 13.2 Å². The van der Waals surface area contributed by atoms with Gasteiger partial charge in [0, 0.05) is 12.2 Å². The van der Waals surface area contributed by atoms with Crippen LogP contribution in [-0.2, 0) is 28.5 Å². The van der Waals surface area contributed by atoms with Gasteiger partial charge in [-0.15, -0.1) is 0 Å². The number of esters is 2. The lowest BCUT2D eigenvalue weighted by Gasteiger charge is -2.38. The summed E-state index contributed by atoms with van der Waals surface area (Å²) in [5.74, 6) is -7.36. The first-order valence-electron chi connectivity index (χ1n) is 7.32. The number of alkyl halides is 8. The third-order valence-electron chi connectivity index (χ3n) is 2.99. The van der Waals surface area contributed by atoms with E-state index in [1.54, 1.807) is 0 Å². The van der Waals surface area contributed by atoms with Crippen LogP contribution in [0, 0.1) is 0 Å². The monoisotopic (exact) mass is 444 g/mol. The highest BCUT2D eigenvalue weighted by Crippen LogP contribution is 2.45.